The van der Waals surface area contributed by atoms with E-state index in [1.165, 1.54) is 11.1 Å². The maximum atomic E-state index is 11.6. The highest BCUT2D eigenvalue weighted by molar-refractivity contribution is 5.77. The molecule has 0 bridgehead atoms. The predicted octanol–water partition coefficient (Wildman–Crippen LogP) is -0.123. The number of hydrogen-bond donors (Lipinski definition) is 1. The normalized spacial score (nSPS) is 10.1. The third kappa shape index (κ3) is 3.94. The molecule has 0 aliphatic heterocycles. The lowest BCUT2D eigenvalue weighted by Gasteiger charge is -2.10. The zero-order chi connectivity index (χ0) is 14.2. The molecule has 0 unspecified atom stereocenters. The van der Waals surface area contributed by atoms with Crippen LogP contribution in [0.4, 0.5) is 0 Å². The zero-order valence-electron chi connectivity index (χ0n) is 11.0. The van der Waals surface area contributed by atoms with Crippen LogP contribution in [-0.4, -0.2) is 46.4 Å². The Morgan fingerprint density at radius 1 is 1.35 bits per heavy atom. The number of carbonyl (C=O) groups excluding carboxylic acids is 1. The molecule has 0 aliphatic rings. The molecule has 0 saturated heterocycles. The summed E-state index contributed by atoms with van der Waals surface area (Å²) in [7, 11) is 1.55. The second-order valence-electron chi connectivity index (χ2n) is 3.82. The highest BCUT2D eigenvalue weighted by Crippen LogP contribution is 2.25. The first-order valence-electron chi connectivity index (χ1n) is 6.03. The van der Waals surface area contributed by atoms with Crippen LogP contribution in [0.3, 0.4) is 0 Å². The van der Waals surface area contributed by atoms with Crippen molar-refractivity contribution in [1.29, 1.82) is 0 Å². The molecule has 0 aliphatic carbocycles. The molecule has 2 rings (SSSR count). The Morgan fingerprint density at radius 2 is 2.15 bits per heavy atom. The van der Waals surface area contributed by atoms with E-state index >= 15 is 0 Å². The van der Waals surface area contributed by atoms with Crippen LogP contribution >= 0.6 is 0 Å². The number of tetrazole rings is 1. The average molecular weight is 277 g/mol. The number of benzene rings is 1. The fourth-order valence-electron chi connectivity index (χ4n) is 1.52. The van der Waals surface area contributed by atoms with Crippen LogP contribution < -0.4 is 14.8 Å². The van der Waals surface area contributed by atoms with Gasteiger partial charge in [0.15, 0.2) is 24.4 Å². The Morgan fingerprint density at radius 3 is 2.85 bits per heavy atom. The third-order valence-electron chi connectivity index (χ3n) is 2.45. The third-order valence-corrected chi connectivity index (χ3v) is 2.45. The number of rotatable bonds is 7. The lowest BCUT2D eigenvalue weighted by molar-refractivity contribution is -0.123. The number of aromatic nitrogens is 4. The lowest BCUT2D eigenvalue weighted by Crippen LogP contribution is -2.32. The topological polar surface area (TPSA) is 91.2 Å². The first-order valence-corrected chi connectivity index (χ1v) is 6.03. The largest absolute Gasteiger partial charge is 0.493 e. The summed E-state index contributed by atoms with van der Waals surface area (Å²) in [6, 6.07) is 7.15. The molecule has 2 aromatic rings. The molecule has 1 N–H and O–H groups in total. The zero-order valence-corrected chi connectivity index (χ0v) is 11.0. The summed E-state index contributed by atoms with van der Waals surface area (Å²) in [6.45, 7) is 0.788. The van der Waals surface area contributed by atoms with Crippen molar-refractivity contribution in [2.45, 2.75) is 6.54 Å². The van der Waals surface area contributed by atoms with Gasteiger partial charge in [0.05, 0.1) is 13.7 Å². The molecule has 0 spiro atoms. The average Bonchev–Trinajstić information content (AvgIpc) is 2.98. The summed E-state index contributed by atoms with van der Waals surface area (Å²) in [5.74, 6) is 0.895. The van der Waals surface area contributed by atoms with Crippen LogP contribution in [0.2, 0.25) is 0 Å². The van der Waals surface area contributed by atoms with Crippen LogP contribution in [0.5, 0.6) is 11.5 Å². The monoisotopic (exact) mass is 277 g/mol. The fraction of sp³-hybridized carbons (Fsp3) is 0.333. The number of ether oxygens (including phenoxy) is 2. The Labute approximate surface area is 115 Å². The molecular formula is C12H15N5O3. The SMILES string of the molecule is COc1ccccc1OCC(=O)NCCn1ncnn1. The molecule has 1 heterocycles. The predicted molar refractivity (Wildman–Crippen MR) is 69.3 cm³/mol. The number of hydrogen-bond acceptors (Lipinski definition) is 6. The summed E-state index contributed by atoms with van der Waals surface area (Å²) < 4.78 is 10.5. The Bertz CT molecular complexity index is 544. The van der Waals surface area contributed by atoms with Gasteiger partial charge in [-0.25, -0.2) is 0 Å². The molecular weight excluding hydrogens is 262 g/mol. The summed E-state index contributed by atoms with van der Waals surface area (Å²) in [4.78, 5) is 13.0. The van der Waals surface area contributed by atoms with Crippen LogP contribution in [0, 0.1) is 0 Å². The molecule has 20 heavy (non-hydrogen) atoms. The number of amides is 1. The van der Waals surface area contributed by atoms with Crippen LogP contribution in [-0.2, 0) is 11.3 Å². The highest BCUT2D eigenvalue weighted by Gasteiger charge is 2.06. The molecule has 0 atom stereocenters. The molecule has 1 amide bonds. The van der Waals surface area contributed by atoms with Gasteiger partial charge in [0, 0.05) is 6.54 Å². The minimum absolute atomic E-state index is 0.0782. The molecule has 8 nitrogen and oxygen atoms in total. The minimum atomic E-state index is -0.226. The fourth-order valence-corrected chi connectivity index (χ4v) is 1.52. The van der Waals surface area contributed by atoms with Gasteiger partial charge in [-0.1, -0.05) is 12.1 Å². The van der Waals surface area contributed by atoms with Crippen molar-refractivity contribution in [1.82, 2.24) is 25.5 Å². The van der Waals surface area contributed by atoms with Gasteiger partial charge in [-0.15, -0.1) is 10.2 Å². The summed E-state index contributed by atoms with van der Waals surface area (Å²) in [6.07, 6.45) is 1.34. The van der Waals surface area contributed by atoms with E-state index in [2.05, 4.69) is 20.7 Å². The van der Waals surface area contributed by atoms with Crippen molar-refractivity contribution in [2.75, 3.05) is 20.3 Å². The van der Waals surface area contributed by atoms with Crippen LogP contribution in [0.25, 0.3) is 0 Å². The Balaban J connectivity index is 1.72. The van der Waals surface area contributed by atoms with Crippen molar-refractivity contribution in [3.63, 3.8) is 0 Å². The smallest absolute Gasteiger partial charge is 0.258 e. The summed E-state index contributed by atoms with van der Waals surface area (Å²) in [5.41, 5.74) is 0. The first-order chi connectivity index (χ1) is 9.79. The summed E-state index contributed by atoms with van der Waals surface area (Å²) in [5, 5.41) is 13.8. The van der Waals surface area contributed by atoms with Crippen LogP contribution in [0.15, 0.2) is 30.6 Å². The number of nitrogens with one attached hydrogen (secondary N) is 1. The quantitative estimate of drug-likeness (QED) is 0.758. The lowest BCUT2D eigenvalue weighted by atomic mass is 10.3. The Hall–Kier alpha value is -2.64. The van der Waals surface area contributed by atoms with Crippen molar-refractivity contribution in [3.05, 3.63) is 30.6 Å². The van der Waals surface area contributed by atoms with Gasteiger partial charge in [-0.3, -0.25) is 4.79 Å². The number of methoxy groups -OCH3 is 1. The van der Waals surface area contributed by atoms with Gasteiger partial charge in [0.25, 0.3) is 5.91 Å². The van der Waals surface area contributed by atoms with E-state index in [4.69, 9.17) is 9.47 Å². The van der Waals surface area contributed by atoms with Crippen LogP contribution in [0.1, 0.15) is 0 Å². The number of carbonyl (C=O) groups is 1. The molecule has 1 aromatic heterocycles. The minimum Gasteiger partial charge on any atom is -0.493 e. The summed E-state index contributed by atoms with van der Waals surface area (Å²) >= 11 is 0. The van der Waals surface area contributed by atoms with Crippen molar-refractivity contribution in [3.8, 4) is 11.5 Å². The van der Waals surface area contributed by atoms with Gasteiger partial charge in [0.2, 0.25) is 0 Å². The van der Waals surface area contributed by atoms with Crippen molar-refractivity contribution in [2.24, 2.45) is 0 Å². The number of para-hydroxylation sites is 2. The van der Waals surface area contributed by atoms with E-state index in [-0.39, 0.29) is 12.5 Å². The van der Waals surface area contributed by atoms with E-state index in [1.54, 1.807) is 19.2 Å². The van der Waals surface area contributed by atoms with Gasteiger partial charge in [-0.05, 0) is 17.3 Å². The molecule has 8 heteroatoms. The van der Waals surface area contributed by atoms with Gasteiger partial charge >= 0.3 is 0 Å². The van der Waals surface area contributed by atoms with E-state index in [0.717, 1.165) is 0 Å². The van der Waals surface area contributed by atoms with E-state index in [0.29, 0.717) is 24.6 Å². The molecule has 0 fully saturated rings. The second kappa shape index (κ2) is 7.07. The standard InChI is InChI=1S/C12H15N5O3/c1-19-10-4-2-3-5-11(10)20-8-12(18)13-6-7-17-15-9-14-16-17/h2-5,9H,6-8H2,1H3,(H,13,18). The maximum Gasteiger partial charge on any atom is 0.258 e. The van der Waals surface area contributed by atoms with E-state index < -0.39 is 0 Å². The number of nitrogens with zero attached hydrogens (tertiary/aromatic N) is 4. The molecule has 1 aromatic carbocycles. The van der Waals surface area contributed by atoms with Gasteiger partial charge < -0.3 is 14.8 Å². The first kappa shape index (κ1) is 13.8. The highest BCUT2D eigenvalue weighted by atomic mass is 16.5. The Kier molecular flexibility index (Phi) is 4.87. The van der Waals surface area contributed by atoms with E-state index in [9.17, 15) is 4.79 Å². The van der Waals surface area contributed by atoms with Crippen molar-refractivity contribution >= 4 is 5.91 Å². The van der Waals surface area contributed by atoms with Gasteiger partial charge in [-0.2, -0.15) is 4.80 Å². The molecule has 0 radical (unpaired) electrons. The van der Waals surface area contributed by atoms with Crippen molar-refractivity contribution < 1.29 is 14.3 Å². The maximum absolute atomic E-state index is 11.6. The van der Waals surface area contributed by atoms with Gasteiger partial charge in [0.1, 0.15) is 0 Å². The molecule has 106 valence electrons. The molecule has 0 saturated carbocycles. The second-order valence-corrected chi connectivity index (χ2v) is 3.82. The van der Waals surface area contributed by atoms with E-state index in [1.807, 2.05) is 12.1 Å².